The summed E-state index contributed by atoms with van der Waals surface area (Å²) in [5, 5.41) is 0. The zero-order chi connectivity index (χ0) is 18.3. The Labute approximate surface area is 150 Å². The molecule has 136 valence electrons. The predicted octanol–water partition coefficient (Wildman–Crippen LogP) is 3.92. The van der Waals surface area contributed by atoms with Gasteiger partial charge in [-0.2, -0.15) is 0 Å². The third-order valence-corrected chi connectivity index (χ3v) is 9.30. The van der Waals surface area contributed by atoms with Gasteiger partial charge in [-0.25, -0.2) is 8.42 Å². The van der Waals surface area contributed by atoms with E-state index in [1.54, 1.807) is 24.3 Å². The molecule has 2 aliphatic rings. The number of methoxy groups -OCH3 is 1. The highest BCUT2D eigenvalue weighted by molar-refractivity contribution is 7.92. The standard InChI is InChI=1S/C20H26O4S/c1-15-9-13-20(14-10-15)17(18(21)24-3)11-12-19(20,2)25(22,23)16-7-5-4-6-8-16/h4-8,17H,1,9-14H2,2-3H3/t17-,19-/m0/s1. The van der Waals surface area contributed by atoms with Crippen molar-refractivity contribution < 1.29 is 17.9 Å². The molecule has 2 fully saturated rings. The molecule has 0 bridgehead atoms. The summed E-state index contributed by atoms with van der Waals surface area (Å²) in [6.45, 7) is 5.90. The van der Waals surface area contributed by atoms with E-state index in [9.17, 15) is 13.2 Å². The lowest BCUT2D eigenvalue weighted by molar-refractivity contribution is -0.150. The molecule has 3 rings (SSSR count). The number of carbonyl (C=O) groups excluding carboxylic acids is 1. The third kappa shape index (κ3) is 2.55. The highest BCUT2D eigenvalue weighted by Crippen LogP contribution is 2.63. The van der Waals surface area contributed by atoms with E-state index in [1.807, 2.05) is 13.0 Å². The second-order valence-corrected chi connectivity index (χ2v) is 9.95. The lowest BCUT2D eigenvalue weighted by atomic mass is 9.62. The normalized spacial score (nSPS) is 28.9. The molecule has 1 aromatic carbocycles. The molecule has 0 amide bonds. The SMILES string of the molecule is C=C1CCC2(CC1)[C@H](C(=O)OC)CC[C@]2(C)S(=O)(=O)c1ccccc1. The molecule has 2 aliphatic carbocycles. The maximum absolute atomic E-state index is 13.6. The number of esters is 1. The summed E-state index contributed by atoms with van der Waals surface area (Å²) in [5.74, 6) is -0.645. The van der Waals surface area contributed by atoms with Crippen molar-refractivity contribution in [1.29, 1.82) is 0 Å². The van der Waals surface area contributed by atoms with Crippen molar-refractivity contribution in [3.05, 3.63) is 42.5 Å². The van der Waals surface area contributed by atoms with Gasteiger partial charge in [-0.15, -0.1) is 0 Å². The molecular formula is C20H26O4S. The molecule has 25 heavy (non-hydrogen) atoms. The quantitative estimate of drug-likeness (QED) is 0.604. The first-order chi connectivity index (χ1) is 11.8. The van der Waals surface area contributed by atoms with Gasteiger partial charge in [-0.1, -0.05) is 30.4 Å². The van der Waals surface area contributed by atoms with Crippen molar-refractivity contribution in [2.75, 3.05) is 7.11 Å². The number of allylic oxidation sites excluding steroid dienone is 1. The first-order valence-corrected chi connectivity index (χ1v) is 10.3. The molecule has 0 saturated heterocycles. The Kier molecular flexibility index (Phi) is 4.56. The second-order valence-electron chi connectivity index (χ2n) is 7.57. The van der Waals surface area contributed by atoms with Crippen LogP contribution in [0.1, 0.15) is 45.4 Å². The number of hydrogen-bond acceptors (Lipinski definition) is 4. The molecule has 1 spiro atoms. The topological polar surface area (TPSA) is 60.4 Å². The summed E-state index contributed by atoms with van der Waals surface area (Å²) < 4.78 is 31.3. The molecule has 0 aromatic heterocycles. The fourth-order valence-corrected chi connectivity index (χ4v) is 7.29. The lowest BCUT2D eigenvalue weighted by Gasteiger charge is -2.48. The molecule has 1 aromatic rings. The minimum Gasteiger partial charge on any atom is -0.469 e. The Hall–Kier alpha value is -1.62. The Morgan fingerprint density at radius 1 is 1.16 bits per heavy atom. The number of rotatable bonds is 3. The van der Waals surface area contributed by atoms with Crippen molar-refractivity contribution in [2.24, 2.45) is 11.3 Å². The maximum atomic E-state index is 13.6. The molecule has 4 nitrogen and oxygen atoms in total. The van der Waals surface area contributed by atoms with Crippen LogP contribution < -0.4 is 0 Å². The molecule has 2 atom stereocenters. The average Bonchev–Trinajstić information content (AvgIpc) is 2.92. The first kappa shape index (κ1) is 18.2. The van der Waals surface area contributed by atoms with Gasteiger partial charge in [0.25, 0.3) is 0 Å². The van der Waals surface area contributed by atoms with Gasteiger partial charge in [0.2, 0.25) is 0 Å². The minimum atomic E-state index is -3.58. The van der Waals surface area contributed by atoms with Crippen LogP contribution in [0.4, 0.5) is 0 Å². The average molecular weight is 362 g/mol. The Morgan fingerprint density at radius 2 is 1.76 bits per heavy atom. The van der Waals surface area contributed by atoms with Gasteiger partial charge in [0, 0.05) is 5.41 Å². The molecule has 2 saturated carbocycles. The molecule has 0 aliphatic heterocycles. The van der Waals surface area contributed by atoms with E-state index in [1.165, 1.54) is 7.11 Å². The Morgan fingerprint density at radius 3 is 2.32 bits per heavy atom. The monoisotopic (exact) mass is 362 g/mol. The highest BCUT2D eigenvalue weighted by Gasteiger charge is 2.65. The van der Waals surface area contributed by atoms with Gasteiger partial charge in [0.05, 0.1) is 22.7 Å². The summed E-state index contributed by atoms with van der Waals surface area (Å²) in [5.41, 5.74) is 0.552. The van der Waals surface area contributed by atoms with Crippen LogP contribution in [0.25, 0.3) is 0 Å². The molecule has 0 unspecified atom stereocenters. The van der Waals surface area contributed by atoms with E-state index in [2.05, 4.69) is 6.58 Å². The van der Waals surface area contributed by atoms with Crippen LogP contribution in [-0.4, -0.2) is 26.2 Å². The van der Waals surface area contributed by atoms with Crippen molar-refractivity contribution in [2.45, 2.75) is 55.1 Å². The summed E-state index contributed by atoms with van der Waals surface area (Å²) in [7, 11) is -2.19. The number of ether oxygens (including phenoxy) is 1. The van der Waals surface area contributed by atoms with Gasteiger partial charge in [0.15, 0.2) is 9.84 Å². The van der Waals surface area contributed by atoms with Crippen LogP contribution in [-0.2, 0) is 19.4 Å². The van der Waals surface area contributed by atoms with E-state index < -0.39 is 20.0 Å². The van der Waals surface area contributed by atoms with Crippen LogP contribution in [0.5, 0.6) is 0 Å². The Bertz CT molecular complexity index is 771. The second kappa shape index (κ2) is 6.27. The van der Waals surface area contributed by atoms with Gasteiger partial charge in [-0.05, 0) is 57.6 Å². The largest absolute Gasteiger partial charge is 0.469 e. The molecule has 0 heterocycles. The van der Waals surface area contributed by atoms with Gasteiger partial charge < -0.3 is 4.74 Å². The van der Waals surface area contributed by atoms with Gasteiger partial charge >= 0.3 is 5.97 Å². The van der Waals surface area contributed by atoms with Crippen LogP contribution in [0.15, 0.2) is 47.4 Å². The number of carbonyl (C=O) groups is 1. The molecule has 0 radical (unpaired) electrons. The fourth-order valence-electron chi connectivity index (χ4n) is 4.99. The molecule has 5 heteroatoms. The van der Waals surface area contributed by atoms with Crippen molar-refractivity contribution in [3.8, 4) is 0 Å². The Balaban J connectivity index is 2.13. The van der Waals surface area contributed by atoms with Crippen molar-refractivity contribution in [1.82, 2.24) is 0 Å². The number of benzene rings is 1. The highest BCUT2D eigenvalue weighted by atomic mass is 32.2. The maximum Gasteiger partial charge on any atom is 0.309 e. The van der Waals surface area contributed by atoms with E-state index in [-0.39, 0.29) is 11.9 Å². The zero-order valence-electron chi connectivity index (χ0n) is 15.0. The summed E-state index contributed by atoms with van der Waals surface area (Å²) in [6, 6.07) is 8.62. The van der Waals surface area contributed by atoms with Gasteiger partial charge in [0.1, 0.15) is 0 Å². The summed E-state index contributed by atoms with van der Waals surface area (Å²) >= 11 is 0. The van der Waals surface area contributed by atoms with Crippen molar-refractivity contribution >= 4 is 15.8 Å². The smallest absolute Gasteiger partial charge is 0.309 e. The van der Waals surface area contributed by atoms with Gasteiger partial charge in [-0.3, -0.25) is 4.79 Å². The van der Waals surface area contributed by atoms with E-state index in [0.717, 1.165) is 18.4 Å². The number of hydrogen-bond donors (Lipinski definition) is 0. The van der Waals surface area contributed by atoms with Crippen LogP contribution >= 0.6 is 0 Å². The predicted molar refractivity (Wildman–Crippen MR) is 96.8 cm³/mol. The van der Waals surface area contributed by atoms with Crippen molar-refractivity contribution in [3.63, 3.8) is 0 Å². The van der Waals surface area contributed by atoms with E-state index in [0.29, 0.717) is 30.6 Å². The first-order valence-electron chi connectivity index (χ1n) is 8.83. The summed E-state index contributed by atoms with van der Waals surface area (Å²) in [6.07, 6.45) is 3.93. The molecule has 0 N–H and O–H groups in total. The minimum absolute atomic E-state index is 0.278. The third-order valence-electron chi connectivity index (χ3n) is 6.61. The van der Waals surface area contributed by atoms with E-state index in [4.69, 9.17) is 4.74 Å². The van der Waals surface area contributed by atoms with E-state index >= 15 is 0 Å². The van der Waals surface area contributed by atoms with Crippen LogP contribution in [0, 0.1) is 11.3 Å². The van der Waals surface area contributed by atoms with Crippen LogP contribution in [0.3, 0.4) is 0 Å². The zero-order valence-corrected chi connectivity index (χ0v) is 15.8. The van der Waals surface area contributed by atoms with Crippen LogP contribution in [0.2, 0.25) is 0 Å². The lowest BCUT2D eigenvalue weighted by Crippen LogP contribution is -2.53. The number of sulfone groups is 1. The summed E-state index contributed by atoms with van der Waals surface area (Å²) in [4.78, 5) is 12.8. The molecular weight excluding hydrogens is 336 g/mol. The fraction of sp³-hybridized carbons (Fsp3) is 0.550.